The van der Waals surface area contributed by atoms with Crippen molar-refractivity contribution < 1.29 is 24.2 Å². The topological polar surface area (TPSA) is 90.4 Å². The van der Waals surface area contributed by atoms with Gasteiger partial charge in [0, 0.05) is 25.2 Å². The van der Waals surface area contributed by atoms with E-state index in [0.29, 0.717) is 32.5 Å². The SMILES string of the molecule is CC[C@@]12C=CCN(Cc3ccccc3)C(=O)[C@@H]1[C@H]1C(=O)N([C@@H](CO)CC(C)C)C3C(=O)N(C(C)(C)CC(C)(C)C)CC=C[C@@]31O2. The molecule has 246 valence electrons. The molecule has 1 unspecified atom stereocenters. The van der Waals surface area contributed by atoms with Crippen molar-refractivity contribution in [2.45, 2.75) is 110 Å². The fraction of sp³-hybridized carbons (Fsp3) is 0.649. The Kier molecular flexibility index (Phi) is 8.90. The Hall–Kier alpha value is -2.97. The van der Waals surface area contributed by atoms with Crippen molar-refractivity contribution in [2.75, 3.05) is 19.7 Å². The average molecular weight is 620 g/mol. The standard InChI is InChI=1S/C37H53N3O5/c1-9-36-17-13-19-38(22-26-15-11-10-12-16-26)31(42)28(36)29-32(43)40(27(23-41)21-25(2)3)30-33(44)39(20-14-18-37(29,30)45-36)35(7,8)24-34(4,5)6/h10-18,25,27-30,41H,9,19-24H2,1-8H3/t27-,28+,29+,30?,36-,37+/m1/s1. The smallest absolute Gasteiger partial charge is 0.249 e. The quantitative estimate of drug-likeness (QED) is 0.395. The molecule has 6 atom stereocenters. The summed E-state index contributed by atoms with van der Waals surface area (Å²) in [6.45, 7) is 17.7. The molecule has 4 aliphatic rings. The van der Waals surface area contributed by atoms with Gasteiger partial charge in [-0.1, -0.05) is 96.2 Å². The van der Waals surface area contributed by atoms with Gasteiger partial charge in [-0.15, -0.1) is 0 Å². The molecule has 0 bridgehead atoms. The Morgan fingerprint density at radius 3 is 2.20 bits per heavy atom. The molecule has 1 aromatic rings. The third-order valence-electron chi connectivity index (χ3n) is 10.2. The summed E-state index contributed by atoms with van der Waals surface area (Å²) in [5.41, 5.74) is -1.94. The molecule has 8 heteroatoms. The van der Waals surface area contributed by atoms with Crippen LogP contribution >= 0.6 is 0 Å². The highest BCUT2D eigenvalue weighted by Gasteiger charge is 2.76. The Bertz CT molecular complexity index is 1350. The van der Waals surface area contributed by atoms with E-state index in [1.54, 1.807) is 9.80 Å². The molecular formula is C37H53N3O5. The number of fused-ring (bicyclic) bond motifs is 2. The van der Waals surface area contributed by atoms with Crippen LogP contribution in [0.5, 0.6) is 0 Å². The van der Waals surface area contributed by atoms with Gasteiger partial charge < -0.3 is 24.5 Å². The first-order valence-corrected chi connectivity index (χ1v) is 16.7. The van der Waals surface area contributed by atoms with Crippen LogP contribution in [0.4, 0.5) is 0 Å². The molecule has 8 nitrogen and oxygen atoms in total. The lowest BCUT2D eigenvalue weighted by atomic mass is 9.72. The van der Waals surface area contributed by atoms with Gasteiger partial charge in [0.15, 0.2) is 0 Å². The molecule has 0 saturated carbocycles. The number of likely N-dealkylation sites (tertiary alicyclic amines) is 1. The Balaban J connectivity index is 1.65. The Morgan fingerprint density at radius 2 is 1.60 bits per heavy atom. The zero-order valence-electron chi connectivity index (χ0n) is 28.5. The summed E-state index contributed by atoms with van der Waals surface area (Å²) < 4.78 is 7.17. The molecule has 2 saturated heterocycles. The fourth-order valence-corrected chi connectivity index (χ4v) is 8.85. The second kappa shape index (κ2) is 12.0. The van der Waals surface area contributed by atoms with Crippen LogP contribution in [0.25, 0.3) is 0 Å². The van der Waals surface area contributed by atoms with Crippen molar-refractivity contribution in [3.63, 3.8) is 0 Å². The summed E-state index contributed by atoms with van der Waals surface area (Å²) in [5.74, 6) is -2.14. The number of rotatable bonds is 9. The van der Waals surface area contributed by atoms with Gasteiger partial charge in [0.2, 0.25) is 17.7 Å². The van der Waals surface area contributed by atoms with Gasteiger partial charge >= 0.3 is 0 Å². The maximum atomic E-state index is 15.0. The summed E-state index contributed by atoms with van der Waals surface area (Å²) >= 11 is 0. The van der Waals surface area contributed by atoms with E-state index in [-0.39, 0.29) is 35.7 Å². The van der Waals surface area contributed by atoms with E-state index in [2.05, 4.69) is 34.6 Å². The Morgan fingerprint density at radius 1 is 0.933 bits per heavy atom. The zero-order valence-corrected chi connectivity index (χ0v) is 28.5. The van der Waals surface area contributed by atoms with Gasteiger partial charge in [-0.05, 0) is 50.0 Å². The normalized spacial score (nSPS) is 30.8. The minimum absolute atomic E-state index is 0.0424. The van der Waals surface area contributed by atoms with Crippen LogP contribution in [-0.2, 0) is 25.7 Å². The van der Waals surface area contributed by atoms with Crippen molar-refractivity contribution >= 4 is 17.7 Å². The number of nitrogens with zero attached hydrogens (tertiary/aromatic N) is 3. The third kappa shape index (κ3) is 5.78. The second-order valence-corrected chi connectivity index (χ2v) is 15.8. The number of hydrogen-bond donors (Lipinski definition) is 1. The maximum Gasteiger partial charge on any atom is 0.249 e. The van der Waals surface area contributed by atoms with Gasteiger partial charge in [-0.2, -0.15) is 0 Å². The number of ether oxygens (including phenoxy) is 1. The molecule has 45 heavy (non-hydrogen) atoms. The van der Waals surface area contributed by atoms with Crippen LogP contribution in [0.15, 0.2) is 54.6 Å². The number of aliphatic hydroxyl groups is 1. The number of benzene rings is 1. The third-order valence-corrected chi connectivity index (χ3v) is 10.2. The predicted octanol–water partition coefficient (Wildman–Crippen LogP) is 4.97. The summed E-state index contributed by atoms with van der Waals surface area (Å²) in [5, 5.41) is 10.7. The highest BCUT2D eigenvalue weighted by Crippen LogP contribution is 2.59. The number of aliphatic hydroxyl groups excluding tert-OH is 1. The molecule has 0 aliphatic carbocycles. The van der Waals surface area contributed by atoms with E-state index in [4.69, 9.17) is 4.74 Å². The molecule has 1 N–H and O–H groups in total. The number of carbonyl (C=O) groups is 3. The lowest BCUT2D eigenvalue weighted by Crippen LogP contribution is -2.62. The monoisotopic (exact) mass is 619 g/mol. The predicted molar refractivity (Wildman–Crippen MR) is 175 cm³/mol. The lowest BCUT2D eigenvalue weighted by molar-refractivity contribution is -0.160. The number of amides is 3. The van der Waals surface area contributed by atoms with E-state index >= 15 is 4.79 Å². The van der Waals surface area contributed by atoms with Crippen molar-refractivity contribution in [3.8, 4) is 0 Å². The maximum absolute atomic E-state index is 15.0. The lowest BCUT2D eigenvalue weighted by Gasteiger charge is -2.46. The zero-order chi connectivity index (χ0) is 32.9. The van der Waals surface area contributed by atoms with E-state index < -0.39 is 40.7 Å². The number of carbonyl (C=O) groups excluding carboxylic acids is 3. The van der Waals surface area contributed by atoms with E-state index in [1.807, 2.05) is 80.3 Å². The van der Waals surface area contributed by atoms with E-state index in [1.165, 1.54) is 0 Å². The molecule has 1 aromatic carbocycles. The van der Waals surface area contributed by atoms with Crippen LogP contribution in [0, 0.1) is 23.2 Å². The van der Waals surface area contributed by atoms with Gasteiger partial charge in [0.25, 0.3) is 0 Å². The summed E-state index contributed by atoms with van der Waals surface area (Å²) in [6.07, 6.45) is 9.61. The first-order valence-electron chi connectivity index (χ1n) is 16.7. The summed E-state index contributed by atoms with van der Waals surface area (Å²) in [4.78, 5) is 50.0. The first kappa shape index (κ1) is 33.4. The summed E-state index contributed by atoms with van der Waals surface area (Å²) in [7, 11) is 0. The molecular weight excluding hydrogens is 566 g/mol. The van der Waals surface area contributed by atoms with Crippen LogP contribution in [-0.4, -0.2) is 86.0 Å². The minimum atomic E-state index is -1.35. The first-order chi connectivity index (χ1) is 21.1. The van der Waals surface area contributed by atoms with Crippen molar-refractivity contribution in [1.82, 2.24) is 14.7 Å². The molecule has 4 aliphatic heterocycles. The van der Waals surface area contributed by atoms with Gasteiger partial charge in [0.1, 0.15) is 11.6 Å². The van der Waals surface area contributed by atoms with Crippen LogP contribution < -0.4 is 0 Å². The van der Waals surface area contributed by atoms with Crippen molar-refractivity contribution in [3.05, 3.63) is 60.2 Å². The van der Waals surface area contributed by atoms with Gasteiger partial charge in [-0.3, -0.25) is 14.4 Å². The molecule has 5 rings (SSSR count). The van der Waals surface area contributed by atoms with E-state index in [0.717, 1.165) is 12.0 Å². The minimum Gasteiger partial charge on any atom is -0.394 e. The highest BCUT2D eigenvalue weighted by atomic mass is 16.5. The largest absolute Gasteiger partial charge is 0.394 e. The fourth-order valence-electron chi connectivity index (χ4n) is 8.85. The molecule has 0 aromatic heterocycles. The molecule has 2 fully saturated rings. The van der Waals surface area contributed by atoms with Crippen LogP contribution in [0.3, 0.4) is 0 Å². The molecule has 1 spiro atoms. The van der Waals surface area contributed by atoms with Gasteiger partial charge in [-0.25, -0.2) is 0 Å². The van der Waals surface area contributed by atoms with Crippen LogP contribution in [0.2, 0.25) is 0 Å². The van der Waals surface area contributed by atoms with Gasteiger partial charge in [0.05, 0.1) is 30.1 Å². The molecule has 0 radical (unpaired) electrons. The molecule has 4 heterocycles. The second-order valence-electron chi connectivity index (χ2n) is 15.8. The summed E-state index contributed by atoms with van der Waals surface area (Å²) in [6, 6.07) is 8.29. The molecule has 3 amide bonds. The Labute approximate surface area is 269 Å². The highest BCUT2D eigenvalue weighted by molar-refractivity contribution is 6.00. The van der Waals surface area contributed by atoms with Crippen LogP contribution in [0.1, 0.15) is 80.2 Å². The van der Waals surface area contributed by atoms with Crippen molar-refractivity contribution in [2.24, 2.45) is 23.2 Å². The van der Waals surface area contributed by atoms with Crippen molar-refractivity contribution in [1.29, 1.82) is 0 Å². The average Bonchev–Trinajstić information content (AvgIpc) is 3.25. The number of hydrogen-bond acceptors (Lipinski definition) is 5. The van der Waals surface area contributed by atoms with E-state index in [9.17, 15) is 14.7 Å².